The smallest absolute Gasteiger partial charge is 0.223 e. The third-order valence-corrected chi connectivity index (χ3v) is 7.36. The Morgan fingerprint density at radius 2 is 1.73 bits per heavy atom. The number of benzene rings is 1. The summed E-state index contributed by atoms with van der Waals surface area (Å²) in [6, 6.07) is 4.94. The lowest BCUT2D eigenvalue weighted by Gasteiger charge is -2.43. The van der Waals surface area contributed by atoms with Gasteiger partial charge in [0.2, 0.25) is 5.91 Å². The van der Waals surface area contributed by atoms with Crippen LogP contribution >= 0.6 is 12.4 Å². The molecule has 1 amide bonds. The molecule has 2 aliphatic rings. The van der Waals surface area contributed by atoms with E-state index < -0.39 is 15.7 Å². The van der Waals surface area contributed by atoms with Crippen molar-refractivity contribution in [3.8, 4) is 0 Å². The molecule has 2 fully saturated rings. The fourth-order valence-electron chi connectivity index (χ4n) is 4.22. The molecule has 26 heavy (non-hydrogen) atoms. The third-order valence-electron chi connectivity index (χ3n) is 5.63. The predicted octanol–water partition coefficient (Wildman–Crippen LogP) is 2.29. The molecular formula is C18H26ClFN2O3S. The number of carbonyl (C=O) groups is 1. The fraction of sp³-hybridized carbons (Fsp3) is 0.611. The molecule has 3 N–H and O–H groups in total. The normalized spacial score (nSPS) is 28.1. The highest BCUT2D eigenvalue weighted by Crippen LogP contribution is 2.41. The molecule has 0 heterocycles. The standard InChI is InChI=1S/C18H25FN2O3S.ClH/c19-15-4-6-16(7-5-15)25(23,24)9-8-21-18(22)14-10-12-2-1-3-13(11-14)17(12)20;/h4-7,12-14,17H,1-3,8-11,20H2,(H,21,22);1H. The lowest BCUT2D eigenvalue weighted by atomic mass is 9.65. The van der Waals surface area contributed by atoms with E-state index in [4.69, 9.17) is 5.73 Å². The molecule has 0 spiro atoms. The van der Waals surface area contributed by atoms with Gasteiger partial charge in [0.1, 0.15) is 5.82 Å². The van der Waals surface area contributed by atoms with E-state index in [1.54, 1.807) is 0 Å². The van der Waals surface area contributed by atoms with Crippen molar-refractivity contribution in [1.29, 1.82) is 0 Å². The number of sulfone groups is 1. The van der Waals surface area contributed by atoms with Gasteiger partial charge in [-0.05, 0) is 61.8 Å². The summed E-state index contributed by atoms with van der Waals surface area (Å²) in [5.74, 6) is 0.0103. The van der Waals surface area contributed by atoms with Crippen LogP contribution in [-0.4, -0.2) is 32.7 Å². The van der Waals surface area contributed by atoms with Gasteiger partial charge in [0.05, 0.1) is 10.6 Å². The average Bonchev–Trinajstić information content (AvgIpc) is 2.54. The molecule has 2 unspecified atom stereocenters. The van der Waals surface area contributed by atoms with Gasteiger partial charge < -0.3 is 11.1 Å². The van der Waals surface area contributed by atoms with Crippen LogP contribution in [0.2, 0.25) is 0 Å². The summed E-state index contributed by atoms with van der Waals surface area (Å²) < 4.78 is 37.3. The quantitative estimate of drug-likeness (QED) is 0.737. The molecule has 1 aromatic rings. The Morgan fingerprint density at radius 3 is 2.31 bits per heavy atom. The summed E-state index contributed by atoms with van der Waals surface area (Å²) in [6.45, 7) is 0.0659. The molecule has 2 atom stereocenters. The van der Waals surface area contributed by atoms with E-state index in [0.717, 1.165) is 37.8 Å². The third kappa shape index (κ3) is 4.75. The monoisotopic (exact) mass is 404 g/mol. The van der Waals surface area contributed by atoms with Crippen LogP contribution in [0.25, 0.3) is 0 Å². The summed E-state index contributed by atoms with van der Waals surface area (Å²) in [7, 11) is -3.53. The molecule has 146 valence electrons. The van der Waals surface area contributed by atoms with Gasteiger partial charge in [0.25, 0.3) is 0 Å². The molecule has 0 aromatic heterocycles. The van der Waals surface area contributed by atoms with Crippen molar-refractivity contribution in [2.45, 2.75) is 43.0 Å². The Balaban J connectivity index is 0.00000243. The summed E-state index contributed by atoms with van der Waals surface area (Å²) in [6.07, 6.45) is 4.95. The molecule has 5 nitrogen and oxygen atoms in total. The second kappa shape index (κ2) is 8.67. The van der Waals surface area contributed by atoms with Crippen LogP contribution in [0.4, 0.5) is 4.39 Å². The maximum absolute atomic E-state index is 12.9. The van der Waals surface area contributed by atoms with Crippen molar-refractivity contribution >= 4 is 28.2 Å². The van der Waals surface area contributed by atoms with E-state index in [1.165, 1.54) is 18.6 Å². The number of hydrogen-bond donors (Lipinski definition) is 2. The molecule has 2 aliphatic carbocycles. The first-order chi connectivity index (χ1) is 11.9. The molecular weight excluding hydrogens is 379 g/mol. The zero-order valence-corrected chi connectivity index (χ0v) is 16.2. The predicted molar refractivity (Wildman–Crippen MR) is 100 cm³/mol. The van der Waals surface area contributed by atoms with E-state index in [9.17, 15) is 17.6 Å². The first kappa shape index (κ1) is 21.1. The molecule has 3 rings (SSSR count). The van der Waals surface area contributed by atoms with Gasteiger partial charge in [-0.1, -0.05) is 6.42 Å². The maximum atomic E-state index is 12.9. The highest BCUT2D eigenvalue weighted by Gasteiger charge is 2.40. The van der Waals surface area contributed by atoms with Crippen LogP contribution in [0.15, 0.2) is 29.2 Å². The molecule has 2 saturated carbocycles. The minimum Gasteiger partial charge on any atom is -0.355 e. The molecule has 0 saturated heterocycles. The maximum Gasteiger partial charge on any atom is 0.223 e. The van der Waals surface area contributed by atoms with Crippen molar-refractivity contribution in [3.63, 3.8) is 0 Å². The Hall–Kier alpha value is -1.18. The van der Waals surface area contributed by atoms with E-state index in [2.05, 4.69) is 5.32 Å². The number of nitrogens with two attached hydrogens (primary N) is 1. The van der Waals surface area contributed by atoms with Crippen molar-refractivity contribution < 1.29 is 17.6 Å². The number of fused-ring (bicyclic) bond motifs is 2. The van der Waals surface area contributed by atoms with E-state index >= 15 is 0 Å². The van der Waals surface area contributed by atoms with Crippen molar-refractivity contribution in [1.82, 2.24) is 5.32 Å². The van der Waals surface area contributed by atoms with Crippen LogP contribution in [0, 0.1) is 23.6 Å². The van der Waals surface area contributed by atoms with Gasteiger partial charge in [-0.3, -0.25) is 4.79 Å². The van der Waals surface area contributed by atoms with Gasteiger partial charge in [-0.15, -0.1) is 12.4 Å². The molecule has 1 aromatic carbocycles. The lowest BCUT2D eigenvalue weighted by Crippen LogP contribution is -2.49. The molecule has 0 aliphatic heterocycles. The first-order valence-corrected chi connectivity index (χ1v) is 10.5. The number of hydrogen-bond acceptors (Lipinski definition) is 4. The second-order valence-corrected chi connectivity index (χ2v) is 9.37. The van der Waals surface area contributed by atoms with Gasteiger partial charge in [-0.25, -0.2) is 12.8 Å². The highest BCUT2D eigenvalue weighted by atomic mass is 35.5. The Kier molecular flexibility index (Phi) is 7.05. The van der Waals surface area contributed by atoms with Gasteiger partial charge in [-0.2, -0.15) is 0 Å². The van der Waals surface area contributed by atoms with E-state index in [0.29, 0.717) is 11.8 Å². The van der Waals surface area contributed by atoms with Crippen LogP contribution in [-0.2, 0) is 14.6 Å². The van der Waals surface area contributed by atoms with Crippen LogP contribution in [0.1, 0.15) is 32.1 Å². The minimum atomic E-state index is -3.53. The van der Waals surface area contributed by atoms with Gasteiger partial charge in [0.15, 0.2) is 9.84 Å². The van der Waals surface area contributed by atoms with E-state index in [-0.39, 0.29) is 47.5 Å². The zero-order valence-electron chi connectivity index (χ0n) is 14.6. The second-order valence-electron chi connectivity index (χ2n) is 7.26. The summed E-state index contributed by atoms with van der Waals surface area (Å²) in [5, 5.41) is 2.76. The van der Waals surface area contributed by atoms with Crippen molar-refractivity contribution in [2.75, 3.05) is 12.3 Å². The topological polar surface area (TPSA) is 89.3 Å². The number of rotatable bonds is 5. The number of carbonyl (C=O) groups excluding carboxylic acids is 1. The molecule has 0 radical (unpaired) electrons. The van der Waals surface area contributed by atoms with Crippen molar-refractivity contribution in [2.24, 2.45) is 23.5 Å². The van der Waals surface area contributed by atoms with Gasteiger partial charge >= 0.3 is 0 Å². The Morgan fingerprint density at radius 1 is 1.15 bits per heavy atom. The number of amides is 1. The summed E-state index contributed by atoms with van der Waals surface area (Å²) in [4.78, 5) is 12.5. The summed E-state index contributed by atoms with van der Waals surface area (Å²) in [5.41, 5.74) is 6.24. The Bertz CT molecular complexity index is 712. The lowest BCUT2D eigenvalue weighted by molar-refractivity contribution is -0.127. The van der Waals surface area contributed by atoms with Crippen LogP contribution < -0.4 is 11.1 Å². The summed E-state index contributed by atoms with van der Waals surface area (Å²) >= 11 is 0. The Labute approximate surface area is 160 Å². The van der Waals surface area contributed by atoms with Crippen LogP contribution in [0.3, 0.4) is 0 Å². The van der Waals surface area contributed by atoms with E-state index in [1.807, 2.05) is 0 Å². The zero-order chi connectivity index (χ0) is 18.0. The SMILES string of the molecule is Cl.NC1C2CCCC1CC(C(=O)NCCS(=O)(=O)c1ccc(F)cc1)C2. The number of halogens is 2. The average molecular weight is 405 g/mol. The van der Waals surface area contributed by atoms with Crippen LogP contribution in [0.5, 0.6) is 0 Å². The van der Waals surface area contributed by atoms with Crippen molar-refractivity contribution in [3.05, 3.63) is 30.1 Å². The minimum absolute atomic E-state index is 0. The molecule has 8 heteroatoms. The highest BCUT2D eigenvalue weighted by molar-refractivity contribution is 7.91. The molecule has 2 bridgehead atoms. The largest absolute Gasteiger partial charge is 0.355 e. The fourth-order valence-corrected chi connectivity index (χ4v) is 5.37. The number of nitrogens with one attached hydrogen (secondary N) is 1. The van der Waals surface area contributed by atoms with Gasteiger partial charge in [0, 0.05) is 18.5 Å². The first-order valence-electron chi connectivity index (χ1n) is 8.88.